The Balaban J connectivity index is 2.30. The van der Waals surface area contributed by atoms with E-state index in [2.05, 4.69) is 5.32 Å². The van der Waals surface area contributed by atoms with Crippen LogP contribution in [0.2, 0.25) is 0 Å². The largest absolute Gasteiger partial charge is 0.496 e. The minimum atomic E-state index is -1.17. The number of ether oxygens (including phenoxy) is 1. The third kappa shape index (κ3) is 2.73. The standard InChI is InChI=1S/C16H21NO4/c1-10-6-7-12(13(9-10)21-3)14(18)17-16(15(19)20)8-4-5-11(16)2/h6-7,9,11H,4-5,8H2,1-3H3,(H,17,18)(H,19,20). The van der Waals surface area contributed by atoms with Crippen molar-refractivity contribution in [2.45, 2.75) is 38.6 Å². The highest BCUT2D eigenvalue weighted by molar-refractivity contribution is 6.00. The molecule has 1 aliphatic rings. The fraction of sp³-hybridized carbons (Fsp3) is 0.500. The van der Waals surface area contributed by atoms with Crippen LogP contribution in [0, 0.1) is 12.8 Å². The molecule has 2 atom stereocenters. The number of hydrogen-bond acceptors (Lipinski definition) is 3. The molecule has 0 saturated heterocycles. The van der Waals surface area contributed by atoms with Crippen LogP contribution in [0.5, 0.6) is 5.75 Å². The summed E-state index contributed by atoms with van der Waals surface area (Å²) in [5.74, 6) is -0.996. The van der Waals surface area contributed by atoms with Crippen molar-refractivity contribution in [3.63, 3.8) is 0 Å². The van der Waals surface area contributed by atoms with E-state index in [0.29, 0.717) is 17.7 Å². The van der Waals surface area contributed by atoms with Gasteiger partial charge in [0.05, 0.1) is 12.7 Å². The molecule has 1 aromatic carbocycles. The second kappa shape index (κ2) is 5.76. The maximum Gasteiger partial charge on any atom is 0.329 e. The van der Waals surface area contributed by atoms with Crippen molar-refractivity contribution in [3.8, 4) is 5.75 Å². The van der Waals surface area contributed by atoms with Gasteiger partial charge in [-0.25, -0.2) is 4.79 Å². The normalized spacial score (nSPS) is 24.6. The van der Waals surface area contributed by atoms with Gasteiger partial charge in [0.2, 0.25) is 0 Å². The molecule has 1 aliphatic carbocycles. The topological polar surface area (TPSA) is 75.6 Å². The fourth-order valence-electron chi connectivity index (χ4n) is 2.99. The minimum Gasteiger partial charge on any atom is -0.496 e. The Morgan fingerprint density at radius 3 is 2.67 bits per heavy atom. The summed E-state index contributed by atoms with van der Waals surface area (Å²) in [6.07, 6.45) is 2.07. The zero-order valence-corrected chi connectivity index (χ0v) is 12.6. The molecular formula is C16H21NO4. The molecule has 21 heavy (non-hydrogen) atoms. The quantitative estimate of drug-likeness (QED) is 0.893. The van der Waals surface area contributed by atoms with Crippen LogP contribution in [0.15, 0.2) is 18.2 Å². The zero-order valence-electron chi connectivity index (χ0n) is 12.6. The highest BCUT2D eigenvalue weighted by atomic mass is 16.5. The number of nitrogens with one attached hydrogen (secondary N) is 1. The average molecular weight is 291 g/mol. The van der Waals surface area contributed by atoms with Crippen LogP contribution in [0.4, 0.5) is 0 Å². The van der Waals surface area contributed by atoms with Gasteiger partial charge in [-0.2, -0.15) is 0 Å². The molecule has 5 nitrogen and oxygen atoms in total. The van der Waals surface area contributed by atoms with E-state index >= 15 is 0 Å². The number of benzene rings is 1. The number of aliphatic carboxylic acids is 1. The highest BCUT2D eigenvalue weighted by Crippen LogP contribution is 2.36. The lowest BCUT2D eigenvalue weighted by atomic mass is 9.88. The summed E-state index contributed by atoms with van der Waals surface area (Å²) in [7, 11) is 1.50. The van der Waals surface area contributed by atoms with Gasteiger partial charge in [0.15, 0.2) is 0 Å². The van der Waals surface area contributed by atoms with E-state index < -0.39 is 17.4 Å². The first kappa shape index (κ1) is 15.4. The molecule has 1 fully saturated rings. The second-order valence-electron chi connectivity index (χ2n) is 5.73. The molecule has 0 bridgehead atoms. The molecule has 0 heterocycles. The average Bonchev–Trinajstić information content (AvgIpc) is 2.80. The fourth-order valence-corrected chi connectivity index (χ4v) is 2.99. The van der Waals surface area contributed by atoms with Crippen LogP contribution < -0.4 is 10.1 Å². The molecular weight excluding hydrogens is 270 g/mol. The Hall–Kier alpha value is -2.04. The lowest BCUT2D eigenvalue weighted by Gasteiger charge is -2.30. The molecule has 0 spiro atoms. The van der Waals surface area contributed by atoms with E-state index in [9.17, 15) is 14.7 Å². The summed E-state index contributed by atoms with van der Waals surface area (Å²) in [6.45, 7) is 3.77. The van der Waals surface area contributed by atoms with E-state index in [1.807, 2.05) is 19.9 Å². The van der Waals surface area contributed by atoms with Gasteiger partial charge in [-0.3, -0.25) is 4.79 Å². The maximum atomic E-state index is 12.5. The predicted octanol–water partition coefficient (Wildman–Crippen LogP) is 2.38. The van der Waals surface area contributed by atoms with Gasteiger partial charge in [-0.05, 0) is 43.4 Å². The lowest BCUT2D eigenvalue weighted by molar-refractivity contribution is -0.145. The molecule has 114 valence electrons. The third-order valence-electron chi connectivity index (χ3n) is 4.37. The Kier molecular flexibility index (Phi) is 4.21. The van der Waals surface area contributed by atoms with Crippen molar-refractivity contribution in [1.82, 2.24) is 5.32 Å². The molecule has 1 aromatic rings. The van der Waals surface area contributed by atoms with Gasteiger partial charge in [0, 0.05) is 0 Å². The Labute approximate surface area is 124 Å². The number of rotatable bonds is 4. The number of carboxylic acids is 1. The first-order valence-electron chi connectivity index (χ1n) is 7.11. The minimum absolute atomic E-state index is 0.0876. The van der Waals surface area contributed by atoms with Crippen LogP contribution in [0.3, 0.4) is 0 Å². The van der Waals surface area contributed by atoms with Gasteiger partial charge in [-0.1, -0.05) is 19.4 Å². The molecule has 0 aromatic heterocycles. The number of aryl methyl sites for hydroxylation is 1. The number of carboxylic acid groups (broad SMARTS) is 1. The third-order valence-corrected chi connectivity index (χ3v) is 4.37. The number of amides is 1. The lowest BCUT2D eigenvalue weighted by Crippen LogP contribution is -2.56. The van der Waals surface area contributed by atoms with E-state index in [1.54, 1.807) is 12.1 Å². The van der Waals surface area contributed by atoms with Crippen LogP contribution in [-0.2, 0) is 4.79 Å². The van der Waals surface area contributed by atoms with Gasteiger partial charge in [0.25, 0.3) is 5.91 Å². The van der Waals surface area contributed by atoms with Crippen LogP contribution in [0.1, 0.15) is 42.1 Å². The maximum absolute atomic E-state index is 12.5. The summed E-state index contributed by atoms with van der Waals surface area (Å²) in [4.78, 5) is 24.2. The summed E-state index contributed by atoms with van der Waals surface area (Å²) in [5, 5.41) is 12.3. The van der Waals surface area contributed by atoms with Crippen molar-refractivity contribution < 1.29 is 19.4 Å². The van der Waals surface area contributed by atoms with Crippen molar-refractivity contribution in [2.75, 3.05) is 7.11 Å². The molecule has 2 unspecified atom stereocenters. The summed E-state index contributed by atoms with van der Waals surface area (Å²) < 4.78 is 5.22. The first-order chi connectivity index (χ1) is 9.90. The Bertz CT molecular complexity index is 569. The highest BCUT2D eigenvalue weighted by Gasteiger charge is 2.48. The van der Waals surface area contributed by atoms with E-state index in [1.165, 1.54) is 7.11 Å². The predicted molar refractivity (Wildman–Crippen MR) is 78.6 cm³/mol. The summed E-state index contributed by atoms with van der Waals surface area (Å²) >= 11 is 0. The summed E-state index contributed by atoms with van der Waals surface area (Å²) in [6, 6.07) is 5.24. The van der Waals surface area contributed by atoms with Gasteiger partial charge in [-0.15, -0.1) is 0 Å². The molecule has 5 heteroatoms. The molecule has 0 aliphatic heterocycles. The molecule has 2 N–H and O–H groups in total. The molecule has 1 amide bonds. The van der Waals surface area contributed by atoms with Gasteiger partial charge < -0.3 is 15.2 Å². The first-order valence-corrected chi connectivity index (χ1v) is 7.11. The molecule has 2 rings (SSSR count). The van der Waals surface area contributed by atoms with E-state index in [-0.39, 0.29) is 5.92 Å². The van der Waals surface area contributed by atoms with Crippen LogP contribution >= 0.6 is 0 Å². The number of carbonyl (C=O) groups is 2. The zero-order chi connectivity index (χ0) is 15.6. The van der Waals surface area contributed by atoms with E-state index in [0.717, 1.165) is 18.4 Å². The number of methoxy groups -OCH3 is 1. The summed E-state index contributed by atoms with van der Waals surface area (Å²) in [5.41, 5.74) is 0.167. The smallest absolute Gasteiger partial charge is 0.329 e. The SMILES string of the molecule is COc1cc(C)ccc1C(=O)NC1(C(=O)O)CCCC1C. The van der Waals surface area contributed by atoms with Crippen molar-refractivity contribution in [2.24, 2.45) is 5.92 Å². The number of hydrogen-bond donors (Lipinski definition) is 2. The van der Waals surface area contributed by atoms with Crippen LogP contribution in [0.25, 0.3) is 0 Å². The van der Waals surface area contributed by atoms with E-state index in [4.69, 9.17) is 4.74 Å². The van der Waals surface area contributed by atoms with Crippen LogP contribution in [-0.4, -0.2) is 29.6 Å². The molecule has 0 radical (unpaired) electrons. The monoisotopic (exact) mass is 291 g/mol. The second-order valence-corrected chi connectivity index (χ2v) is 5.73. The Morgan fingerprint density at radius 1 is 1.43 bits per heavy atom. The van der Waals surface area contributed by atoms with Crippen molar-refractivity contribution >= 4 is 11.9 Å². The van der Waals surface area contributed by atoms with Gasteiger partial charge in [0.1, 0.15) is 11.3 Å². The molecule has 1 saturated carbocycles. The van der Waals surface area contributed by atoms with Gasteiger partial charge >= 0.3 is 5.97 Å². The Morgan fingerprint density at radius 2 is 2.14 bits per heavy atom. The van der Waals surface area contributed by atoms with Crippen molar-refractivity contribution in [3.05, 3.63) is 29.3 Å². The van der Waals surface area contributed by atoms with Crippen molar-refractivity contribution in [1.29, 1.82) is 0 Å². The number of carbonyl (C=O) groups excluding carboxylic acids is 1.